The summed E-state index contributed by atoms with van der Waals surface area (Å²) in [7, 11) is 0. The van der Waals surface area contributed by atoms with Crippen molar-refractivity contribution in [1.82, 2.24) is 14.8 Å². The summed E-state index contributed by atoms with van der Waals surface area (Å²) in [5.41, 5.74) is 3.53. The van der Waals surface area contributed by atoms with Gasteiger partial charge in [0.15, 0.2) is 12.4 Å². The average molecular weight is 428 g/mol. The van der Waals surface area contributed by atoms with Gasteiger partial charge in [-0.15, -0.1) is 5.10 Å². The standard InChI is InChI=1S/C25H24N4O3/c1-3-31-25-27-24(22-12-8-7-9-18(22)2)29(28-25)20-15-13-19(14-16-20)26-23(30)17-32-21-10-5-4-6-11-21/h4-16H,3,17H2,1-2H3,(H,26,30). The second kappa shape index (κ2) is 9.78. The SMILES string of the molecule is CCOc1nc(-c2ccccc2C)n(-c2ccc(NC(=O)COc3ccccc3)cc2)n1. The summed E-state index contributed by atoms with van der Waals surface area (Å²) in [6.07, 6.45) is 0. The molecule has 1 amide bonds. The number of nitrogens with one attached hydrogen (secondary N) is 1. The average Bonchev–Trinajstić information content (AvgIpc) is 3.23. The summed E-state index contributed by atoms with van der Waals surface area (Å²) in [6.45, 7) is 4.34. The van der Waals surface area contributed by atoms with E-state index in [1.807, 2.05) is 92.7 Å². The van der Waals surface area contributed by atoms with Gasteiger partial charge in [-0.3, -0.25) is 4.79 Å². The number of aromatic nitrogens is 3. The van der Waals surface area contributed by atoms with E-state index in [2.05, 4.69) is 15.4 Å². The van der Waals surface area contributed by atoms with Crippen LogP contribution in [0.2, 0.25) is 0 Å². The lowest BCUT2D eigenvalue weighted by Gasteiger charge is -2.10. The third kappa shape index (κ3) is 4.95. The van der Waals surface area contributed by atoms with Gasteiger partial charge in [0.2, 0.25) is 0 Å². The number of hydrogen-bond donors (Lipinski definition) is 1. The zero-order valence-electron chi connectivity index (χ0n) is 18.0. The minimum absolute atomic E-state index is 0.0655. The minimum atomic E-state index is -0.235. The van der Waals surface area contributed by atoms with Gasteiger partial charge in [-0.05, 0) is 55.8 Å². The zero-order chi connectivity index (χ0) is 22.3. The molecule has 3 aromatic carbocycles. The van der Waals surface area contributed by atoms with Crippen LogP contribution in [-0.2, 0) is 4.79 Å². The van der Waals surface area contributed by atoms with Crippen molar-refractivity contribution in [2.24, 2.45) is 0 Å². The van der Waals surface area contributed by atoms with Crippen LogP contribution in [0.5, 0.6) is 11.8 Å². The predicted molar refractivity (Wildman–Crippen MR) is 123 cm³/mol. The first-order valence-corrected chi connectivity index (χ1v) is 10.4. The number of aryl methyl sites for hydroxylation is 1. The molecule has 7 heteroatoms. The molecule has 1 N–H and O–H groups in total. The van der Waals surface area contributed by atoms with Gasteiger partial charge in [-0.25, -0.2) is 4.68 Å². The van der Waals surface area contributed by atoms with E-state index in [9.17, 15) is 4.79 Å². The molecule has 4 rings (SSSR count). The number of rotatable bonds is 8. The molecule has 1 heterocycles. The van der Waals surface area contributed by atoms with Gasteiger partial charge in [0.05, 0.1) is 12.3 Å². The first-order valence-electron chi connectivity index (χ1n) is 10.4. The molecule has 32 heavy (non-hydrogen) atoms. The molecule has 162 valence electrons. The number of carbonyl (C=O) groups is 1. The van der Waals surface area contributed by atoms with Crippen LogP contribution in [0.25, 0.3) is 17.1 Å². The Labute approximate surface area is 186 Å². The number of nitrogens with zero attached hydrogens (tertiary/aromatic N) is 3. The van der Waals surface area contributed by atoms with Crippen LogP contribution in [0, 0.1) is 6.92 Å². The maximum Gasteiger partial charge on any atom is 0.336 e. The molecule has 0 bridgehead atoms. The van der Waals surface area contributed by atoms with Crippen LogP contribution in [0.4, 0.5) is 5.69 Å². The molecule has 0 aliphatic carbocycles. The van der Waals surface area contributed by atoms with E-state index < -0.39 is 0 Å². The Bertz CT molecular complexity index is 1190. The second-order valence-corrected chi connectivity index (χ2v) is 7.07. The van der Waals surface area contributed by atoms with Crippen LogP contribution in [0.1, 0.15) is 12.5 Å². The van der Waals surface area contributed by atoms with Crippen LogP contribution in [-0.4, -0.2) is 33.9 Å². The van der Waals surface area contributed by atoms with E-state index in [1.165, 1.54) is 0 Å². The number of para-hydroxylation sites is 1. The van der Waals surface area contributed by atoms with Crippen LogP contribution < -0.4 is 14.8 Å². The van der Waals surface area contributed by atoms with Crippen molar-refractivity contribution in [3.63, 3.8) is 0 Å². The molecule has 0 fully saturated rings. The van der Waals surface area contributed by atoms with E-state index in [1.54, 1.807) is 4.68 Å². The summed E-state index contributed by atoms with van der Waals surface area (Å²) < 4.78 is 12.8. The van der Waals surface area contributed by atoms with Gasteiger partial charge in [-0.2, -0.15) is 4.98 Å². The van der Waals surface area contributed by atoms with Crippen molar-refractivity contribution in [3.05, 3.63) is 84.4 Å². The first-order chi connectivity index (χ1) is 15.6. The molecular formula is C25H24N4O3. The van der Waals surface area contributed by atoms with Crippen molar-refractivity contribution in [2.45, 2.75) is 13.8 Å². The minimum Gasteiger partial charge on any atom is -0.484 e. The van der Waals surface area contributed by atoms with Gasteiger partial charge in [0.1, 0.15) is 5.75 Å². The highest BCUT2D eigenvalue weighted by Crippen LogP contribution is 2.26. The Balaban J connectivity index is 1.51. The first kappa shape index (κ1) is 21.1. The maximum absolute atomic E-state index is 12.2. The third-order valence-electron chi connectivity index (χ3n) is 4.76. The molecule has 0 saturated carbocycles. The summed E-state index contributed by atoms with van der Waals surface area (Å²) in [4.78, 5) is 16.8. The number of anilines is 1. The van der Waals surface area contributed by atoms with E-state index >= 15 is 0 Å². The van der Waals surface area contributed by atoms with Gasteiger partial charge < -0.3 is 14.8 Å². The van der Waals surface area contributed by atoms with Gasteiger partial charge in [-0.1, -0.05) is 42.5 Å². The molecule has 0 saturated heterocycles. The fourth-order valence-corrected chi connectivity index (χ4v) is 3.21. The lowest BCUT2D eigenvalue weighted by Crippen LogP contribution is -2.20. The second-order valence-electron chi connectivity index (χ2n) is 7.07. The molecule has 0 unspecified atom stereocenters. The maximum atomic E-state index is 12.2. The lowest BCUT2D eigenvalue weighted by molar-refractivity contribution is -0.118. The van der Waals surface area contributed by atoms with Gasteiger partial charge in [0, 0.05) is 11.3 Å². The van der Waals surface area contributed by atoms with Crippen molar-refractivity contribution < 1.29 is 14.3 Å². The number of carbonyl (C=O) groups excluding carboxylic acids is 1. The molecule has 0 radical (unpaired) electrons. The fraction of sp³-hybridized carbons (Fsp3) is 0.160. The number of ether oxygens (including phenoxy) is 2. The molecule has 0 atom stereocenters. The summed E-state index contributed by atoms with van der Waals surface area (Å²) >= 11 is 0. The highest BCUT2D eigenvalue weighted by Gasteiger charge is 2.16. The summed E-state index contributed by atoms with van der Waals surface area (Å²) in [5, 5.41) is 7.36. The number of amides is 1. The highest BCUT2D eigenvalue weighted by molar-refractivity contribution is 5.92. The molecule has 1 aromatic heterocycles. The highest BCUT2D eigenvalue weighted by atomic mass is 16.5. The number of benzene rings is 3. The van der Waals surface area contributed by atoms with Crippen molar-refractivity contribution in [1.29, 1.82) is 0 Å². The van der Waals surface area contributed by atoms with E-state index in [-0.39, 0.29) is 12.5 Å². The van der Waals surface area contributed by atoms with Gasteiger partial charge >= 0.3 is 6.01 Å². The molecule has 0 spiro atoms. The monoisotopic (exact) mass is 428 g/mol. The zero-order valence-corrected chi connectivity index (χ0v) is 18.0. The fourth-order valence-electron chi connectivity index (χ4n) is 3.21. The third-order valence-corrected chi connectivity index (χ3v) is 4.76. The molecule has 0 aliphatic heterocycles. The Morgan fingerprint density at radius 3 is 2.38 bits per heavy atom. The topological polar surface area (TPSA) is 78.3 Å². The normalized spacial score (nSPS) is 10.6. The molecule has 7 nitrogen and oxygen atoms in total. The van der Waals surface area contributed by atoms with Crippen LogP contribution in [0.3, 0.4) is 0 Å². The quantitative estimate of drug-likeness (QED) is 0.442. The molecular weight excluding hydrogens is 404 g/mol. The van der Waals surface area contributed by atoms with Crippen LogP contribution in [0.15, 0.2) is 78.9 Å². The molecule has 0 aliphatic rings. The predicted octanol–water partition coefficient (Wildman–Crippen LogP) is 4.66. The van der Waals surface area contributed by atoms with Crippen molar-refractivity contribution in [2.75, 3.05) is 18.5 Å². The van der Waals surface area contributed by atoms with Crippen LogP contribution >= 0.6 is 0 Å². The largest absolute Gasteiger partial charge is 0.484 e. The Morgan fingerprint density at radius 2 is 1.66 bits per heavy atom. The lowest BCUT2D eigenvalue weighted by atomic mass is 10.1. The van der Waals surface area contributed by atoms with Crippen molar-refractivity contribution in [3.8, 4) is 28.8 Å². The smallest absolute Gasteiger partial charge is 0.336 e. The van der Waals surface area contributed by atoms with E-state index in [0.29, 0.717) is 29.9 Å². The Kier molecular flexibility index (Phi) is 6.46. The Morgan fingerprint density at radius 1 is 0.938 bits per heavy atom. The molecule has 4 aromatic rings. The van der Waals surface area contributed by atoms with E-state index in [0.717, 1.165) is 16.8 Å². The number of hydrogen-bond acceptors (Lipinski definition) is 5. The van der Waals surface area contributed by atoms with Gasteiger partial charge in [0.25, 0.3) is 5.91 Å². The summed E-state index contributed by atoms with van der Waals surface area (Å²) in [6, 6.07) is 24.9. The summed E-state index contributed by atoms with van der Waals surface area (Å²) in [5.74, 6) is 1.11. The Hall–Kier alpha value is -4.13. The van der Waals surface area contributed by atoms with Crippen molar-refractivity contribution >= 4 is 11.6 Å². The van der Waals surface area contributed by atoms with E-state index in [4.69, 9.17) is 9.47 Å².